The van der Waals surface area contributed by atoms with Gasteiger partial charge in [0.2, 0.25) is 5.91 Å². The zero-order valence-electron chi connectivity index (χ0n) is 16.8. The third kappa shape index (κ3) is 5.05. The van der Waals surface area contributed by atoms with Crippen molar-refractivity contribution in [1.29, 1.82) is 0 Å². The van der Waals surface area contributed by atoms with Crippen LogP contribution in [0.1, 0.15) is 49.3 Å². The van der Waals surface area contributed by atoms with Gasteiger partial charge in [-0.3, -0.25) is 4.79 Å². The summed E-state index contributed by atoms with van der Waals surface area (Å²) in [5.41, 5.74) is 10.2. The van der Waals surface area contributed by atoms with Crippen LogP contribution in [0.15, 0.2) is 59.2 Å². The number of nitrogens with one attached hydrogen (secondary N) is 1. The fourth-order valence-electron chi connectivity index (χ4n) is 3.92. The molecule has 0 spiro atoms. The number of hydrogen-bond acceptors (Lipinski definition) is 4. The molecule has 2 aromatic carbocycles. The van der Waals surface area contributed by atoms with Gasteiger partial charge in [-0.15, -0.1) is 0 Å². The van der Waals surface area contributed by atoms with Crippen LogP contribution in [-0.2, 0) is 11.2 Å². The van der Waals surface area contributed by atoms with Gasteiger partial charge in [0, 0.05) is 21.6 Å². The molecule has 0 aliphatic heterocycles. The molecular formula is C24H25BrN4O. The van der Waals surface area contributed by atoms with E-state index in [1.165, 1.54) is 19.3 Å². The fourth-order valence-corrected chi connectivity index (χ4v) is 4.18. The first kappa shape index (κ1) is 20.5. The van der Waals surface area contributed by atoms with Crippen LogP contribution in [0, 0.1) is 0 Å². The Morgan fingerprint density at radius 1 is 1.03 bits per heavy atom. The van der Waals surface area contributed by atoms with E-state index < -0.39 is 0 Å². The molecule has 1 amide bonds. The van der Waals surface area contributed by atoms with Crippen molar-refractivity contribution in [2.24, 2.45) is 0 Å². The summed E-state index contributed by atoms with van der Waals surface area (Å²) in [5.74, 6) is 0.829. The molecule has 1 fully saturated rings. The summed E-state index contributed by atoms with van der Waals surface area (Å²) in [6, 6.07) is 15.4. The molecule has 0 saturated heterocycles. The molecule has 1 aliphatic carbocycles. The standard InChI is InChI=1S/C24H25BrN4O/c25-19-10-6-16(7-11-19)14-22(30)29-24-23(18-4-2-1-3-5-18)28-21(15-27-24)17-8-12-20(26)13-9-17/h6-13,15,18H,1-5,14,26H2,(H,27,29,30). The number of benzene rings is 2. The van der Waals surface area contributed by atoms with E-state index in [1.54, 1.807) is 6.20 Å². The van der Waals surface area contributed by atoms with Crippen LogP contribution in [0.3, 0.4) is 0 Å². The Hall–Kier alpha value is -2.73. The van der Waals surface area contributed by atoms with Crippen molar-refractivity contribution in [3.8, 4) is 11.3 Å². The smallest absolute Gasteiger partial charge is 0.229 e. The zero-order chi connectivity index (χ0) is 20.9. The third-order valence-electron chi connectivity index (χ3n) is 5.53. The van der Waals surface area contributed by atoms with Crippen LogP contribution in [-0.4, -0.2) is 15.9 Å². The van der Waals surface area contributed by atoms with Crippen LogP contribution in [0.2, 0.25) is 0 Å². The molecule has 0 radical (unpaired) electrons. The number of nitrogens with zero attached hydrogens (tertiary/aromatic N) is 2. The Bertz CT molecular complexity index is 1010. The normalized spacial score (nSPS) is 14.4. The monoisotopic (exact) mass is 464 g/mol. The molecule has 0 atom stereocenters. The first-order chi connectivity index (χ1) is 14.6. The average Bonchev–Trinajstić information content (AvgIpc) is 2.77. The Morgan fingerprint density at radius 2 is 1.73 bits per heavy atom. The van der Waals surface area contributed by atoms with Crippen LogP contribution < -0.4 is 11.1 Å². The minimum atomic E-state index is -0.0797. The quantitative estimate of drug-likeness (QED) is 0.473. The molecule has 5 nitrogen and oxygen atoms in total. The summed E-state index contributed by atoms with van der Waals surface area (Å²) in [6.07, 6.45) is 7.82. The molecule has 0 unspecified atom stereocenters. The van der Waals surface area contributed by atoms with Crippen LogP contribution in [0.4, 0.5) is 11.5 Å². The van der Waals surface area contributed by atoms with E-state index in [0.717, 1.165) is 45.5 Å². The number of hydrogen-bond donors (Lipinski definition) is 2. The lowest BCUT2D eigenvalue weighted by Crippen LogP contribution is -2.19. The molecule has 6 heteroatoms. The number of carbonyl (C=O) groups is 1. The van der Waals surface area contributed by atoms with Crippen molar-refractivity contribution >= 4 is 33.3 Å². The lowest BCUT2D eigenvalue weighted by atomic mass is 9.86. The van der Waals surface area contributed by atoms with Crippen molar-refractivity contribution < 1.29 is 4.79 Å². The van der Waals surface area contributed by atoms with Crippen molar-refractivity contribution in [2.45, 2.75) is 44.4 Å². The second kappa shape index (κ2) is 9.39. The third-order valence-corrected chi connectivity index (χ3v) is 6.06. The first-order valence-corrected chi connectivity index (χ1v) is 11.1. The van der Waals surface area contributed by atoms with Gasteiger partial charge in [0.1, 0.15) is 0 Å². The summed E-state index contributed by atoms with van der Waals surface area (Å²) < 4.78 is 0.996. The number of aromatic nitrogens is 2. The SMILES string of the molecule is Nc1ccc(-c2cnc(NC(=O)Cc3ccc(Br)cc3)c(C3CCCCC3)n2)cc1. The molecule has 154 valence electrons. The van der Waals surface area contributed by atoms with Crippen LogP contribution in [0.25, 0.3) is 11.3 Å². The summed E-state index contributed by atoms with van der Waals surface area (Å²) in [4.78, 5) is 22.2. The molecular weight excluding hydrogens is 440 g/mol. The minimum absolute atomic E-state index is 0.0797. The van der Waals surface area contributed by atoms with Crippen molar-refractivity contribution in [3.63, 3.8) is 0 Å². The summed E-state index contributed by atoms with van der Waals surface area (Å²) in [7, 11) is 0. The van der Waals surface area contributed by atoms with Crippen LogP contribution >= 0.6 is 15.9 Å². The molecule has 0 bridgehead atoms. The molecule has 4 rings (SSSR count). The highest BCUT2D eigenvalue weighted by molar-refractivity contribution is 9.10. The second-order valence-corrected chi connectivity index (χ2v) is 8.71. The van der Waals surface area contributed by atoms with Gasteiger partial charge in [-0.05, 0) is 42.7 Å². The lowest BCUT2D eigenvalue weighted by molar-refractivity contribution is -0.115. The summed E-state index contributed by atoms with van der Waals surface area (Å²) in [5, 5.41) is 3.01. The Balaban J connectivity index is 1.59. The largest absolute Gasteiger partial charge is 0.399 e. The summed E-state index contributed by atoms with van der Waals surface area (Å²) >= 11 is 3.42. The van der Waals surface area contributed by atoms with E-state index in [9.17, 15) is 4.79 Å². The van der Waals surface area contributed by atoms with Gasteiger partial charge in [-0.25, -0.2) is 9.97 Å². The molecule has 30 heavy (non-hydrogen) atoms. The van der Waals surface area contributed by atoms with Crippen molar-refractivity contribution in [1.82, 2.24) is 9.97 Å². The summed E-state index contributed by atoms with van der Waals surface area (Å²) in [6.45, 7) is 0. The first-order valence-electron chi connectivity index (χ1n) is 10.4. The van der Waals surface area contributed by atoms with Gasteiger partial charge in [-0.1, -0.05) is 59.5 Å². The molecule has 1 aromatic heterocycles. The van der Waals surface area contributed by atoms with Gasteiger partial charge in [-0.2, -0.15) is 0 Å². The minimum Gasteiger partial charge on any atom is -0.399 e. The number of carbonyl (C=O) groups excluding carboxylic acids is 1. The Kier molecular flexibility index (Phi) is 6.43. The Morgan fingerprint density at radius 3 is 2.43 bits per heavy atom. The lowest BCUT2D eigenvalue weighted by Gasteiger charge is -2.23. The maximum Gasteiger partial charge on any atom is 0.229 e. The zero-order valence-corrected chi connectivity index (χ0v) is 18.4. The van der Waals surface area contributed by atoms with E-state index in [-0.39, 0.29) is 5.91 Å². The van der Waals surface area contributed by atoms with E-state index in [1.807, 2.05) is 48.5 Å². The highest BCUT2D eigenvalue weighted by atomic mass is 79.9. The maximum atomic E-state index is 12.7. The molecule has 1 saturated carbocycles. The number of halogens is 1. The van der Waals surface area contributed by atoms with E-state index in [2.05, 4.69) is 26.2 Å². The number of nitrogens with two attached hydrogens (primary N) is 1. The molecule has 1 aliphatic rings. The predicted molar refractivity (Wildman–Crippen MR) is 124 cm³/mol. The highest BCUT2D eigenvalue weighted by Crippen LogP contribution is 2.35. The highest BCUT2D eigenvalue weighted by Gasteiger charge is 2.23. The topological polar surface area (TPSA) is 80.9 Å². The molecule has 3 N–H and O–H groups in total. The van der Waals surface area contributed by atoms with Gasteiger partial charge < -0.3 is 11.1 Å². The van der Waals surface area contributed by atoms with E-state index in [4.69, 9.17) is 10.7 Å². The maximum absolute atomic E-state index is 12.7. The molecule has 3 aromatic rings. The van der Waals surface area contributed by atoms with E-state index in [0.29, 0.717) is 18.2 Å². The number of rotatable bonds is 5. The van der Waals surface area contributed by atoms with E-state index >= 15 is 0 Å². The van der Waals surface area contributed by atoms with Gasteiger partial charge in [0.05, 0.1) is 24.0 Å². The van der Waals surface area contributed by atoms with Gasteiger partial charge in [0.25, 0.3) is 0 Å². The van der Waals surface area contributed by atoms with Gasteiger partial charge in [0.15, 0.2) is 5.82 Å². The second-order valence-electron chi connectivity index (χ2n) is 7.80. The fraction of sp³-hybridized carbons (Fsp3) is 0.292. The average molecular weight is 465 g/mol. The predicted octanol–water partition coefficient (Wildman–Crippen LogP) is 5.72. The number of nitrogen functional groups attached to an aromatic ring is 1. The van der Waals surface area contributed by atoms with Crippen molar-refractivity contribution in [2.75, 3.05) is 11.1 Å². The number of anilines is 2. The van der Waals surface area contributed by atoms with Gasteiger partial charge >= 0.3 is 0 Å². The molecule has 1 heterocycles. The number of amides is 1. The van der Waals surface area contributed by atoms with Crippen LogP contribution in [0.5, 0.6) is 0 Å². The van der Waals surface area contributed by atoms with Crippen molar-refractivity contribution in [3.05, 3.63) is 70.5 Å². The Labute approximate surface area is 185 Å².